The van der Waals surface area contributed by atoms with Crippen molar-refractivity contribution in [2.45, 2.75) is 6.92 Å². The quantitative estimate of drug-likeness (QED) is 0.827. The van der Waals surface area contributed by atoms with Crippen LogP contribution < -0.4 is 4.74 Å². The van der Waals surface area contributed by atoms with Gasteiger partial charge in [0.05, 0.1) is 5.69 Å². The molecule has 2 aromatic rings. The van der Waals surface area contributed by atoms with Gasteiger partial charge < -0.3 is 9.84 Å². The lowest BCUT2D eigenvalue weighted by molar-refractivity contribution is -0.139. The molecular weight excluding hydrogens is 210 g/mol. The summed E-state index contributed by atoms with van der Waals surface area (Å²) in [5.74, 6) is -0.735. The molecule has 6 nitrogen and oxygen atoms in total. The van der Waals surface area contributed by atoms with Crippen LogP contribution in [0.5, 0.6) is 5.88 Å². The number of nitrogens with zero attached hydrogens (tertiary/aromatic N) is 3. The molecule has 1 N–H and O–H groups in total. The van der Waals surface area contributed by atoms with Gasteiger partial charge in [0.25, 0.3) is 0 Å². The van der Waals surface area contributed by atoms with E-state index >= 15 is 0 Å². The highest BCUT2D eigenvalue weighted by Crippen LogP contribution is 2.18. The number of rotatable bonds is 3. The summed E-state index contributed by atoms with van der Waals surface area (Å²) in [5, 5.41) is 13.6. The molecule has 0 aliphatic heterocycles. The molecule has 6 heteroatoms. The van der Waals surface area contributed by atoms with Crippen molar-refractivity contribution >= 4 is 17.0 Å². The smallest absolute Gasteiger partial charge is 0.341 e. The summed E-state index contributed by atoms with van der Waals surface area (Å²) < 4.78 is 6.63. The second-order valence-electron chi connectivity index (χ2n) is 3.41. The lowest BCUT2D eigenvalue weighted by Crippen LogP contribution is -2.10. The average Bonchev–Trinajstić information content (AvgIpc) is 2.52. The van der Waals surface area contributed by atoms with Gasteiger partial charge in [0, 0.05) is 18.5 Å². The minimum Gasteiger partial charge on any atom is -0.479 e. The summed E-state index contributed by atoms with van der Waals surface area (Å²) in [7, 11) is 1.78. The maximum atomic E-state index is 10.3. The molecule has 0 unspecified atom stereocenters. The molecule has 0 fully saturated rings. The van der Waals surface area contributed by atoms with E-state index in [1.807, 2.05) is 13.0 Å². The minimum atomic E-state index is -1.02. The van der Waals surface area contributed by atoms with E-state index in [-0.39, 0.29) is 5.88 Å². The molecule has 0 atom stereocenters. The van der Waals surface area contributed by atoms with Gasteiger partial charge in [0.1, 0.15) is 0 Å². The molecule has 2 heterocycles. The van der Waals surface area contributed by atoms with Crippen LogP contribution in [0.2, 0.25) is 0 Å². The van der Waals surface area contributed by atoms with Crippen LogP contribution in [0.15, 0.2) is 12.1 Å². The largest absolute Gasteiger partial charge is 0.479 e. The maximum absolute atomic E-state index is 10.3. The number of hydrogen-bond acceptors (Lipinski definition) is 4. The topological polar surface area (TPSA) is 77.2 Å². The predicted molar refractivity (Wildman–Crippen MR) is 56.4 cm³/mol. The van der Waals surface area contributed by atoms with E-state index in [9.17, 15) is 4.79 Å². The highest BCUT2D eigenvalue weighted by molar-refractivity contribution is 5.78. The molecule has 0 aromatic carbocycles. The van der Waals surface area contributed by atoms with E-state index in [0.29, 0.717) is 5.65 Å². The zero-order chi connectivity index (χ0) is 11.7. The number of carboxylic acid groups (broad SMARTS) is 1. The Hall–Kier alpha value is -2.11. The van der Waals surface area contributed by atoms with Crippen LogP contribution in [0, 0.1) is 6.92 Å². The molecule has 0 aliphatic rings. The van der Waals surface area contributed by atoms with Gasteiger partial charge in [0.2, 0.25) is 5.88 Å². The molecule has 84 valence electrons. The summed E-state index contributed by atoms with van der Waals surface area (Å²) in [6.07, 6.45) is 0. The number of hydrogen-bond donors (Lipinski definition) is 1. The zero-order valence-electron chi connectivity index (χ0n) is 8.97. The van der Waals surface area contributed by atoms with Gasteiger partial charge >= 0.3 is 5.97 Å². The van der Waals surface area contributed by atoms with Crippen LogP contribution in [0.3, 0.4) is 0 Å². The number of carboxylic acids is 1. The molecule has 2 rings (SSSR count). The van der Waals surface area contributed by atoms with Gasteiger partial charge in [-0.1, -0.05) is 0 Å². The first-order valence-electron chi connectivity index (χ1n) is 4.73. The van der Waals surface area contributed by atoms with Crippen molar-refractivity contribution < 1.29 is 14.6 Å². The van der Waals surface area contributed by atoms with E-state index < -0.39 is 12.6 Å². The summed E-state index contributed by atoms with van der Waals surface area (Å²) in [4.78, 5) is 14.5. The number of fused-ring (bicyclic) bond motifs is 1. The Labute approximate surface area is 91.5 Å². The van der Waals surface area contributed by atoms with E-state index in [1.165, 1.54) is 0 Å². The number of carbonyl (C=O) groups is 1. The predicted octanol–water partition coefficient (Wildman–Crippen LogP) is 0.740. The van der Waals surface area contributed by atoms with Crippen molar-refractivity contribution in [2.24, 2.45) is 7.05 Å². The SMILES string of the molecule is Cc1nn(C)c2nc(OCC(=O)O)ccc12. The van der Waals surface area contributed by atoms with Crippen molar-refractivity contribution in [1.82, 2.24) is 14.8 Å². The summed E-state index contributed by atoms with van der Waals surface area (Å²) in [6.45, 7) is 1.50. The van der Waals surface area contributed by atoms with Crippen LogP contribution in [0.4, 0.5) is 0 Å². The molecule has 16 heavy (non-hydrogen) atoms. The van der Waals surface area contributed by atoms with Gasteiger partial charge in [-0.05, 0) is 13.0 Å². The molecule has 0 saturated carbocycles. The number of ether oxygens (including phenoxy) is 1. The fraction of sp³-hybridized carbons (Fsp3) is 0.300. The molecule has 0 saturated heterocycles. The Morgan fingerprint density at radius 1 is 1.56 bits per heavy atom. The van der Waals surface area contributed by atoms with Crippen LogP contribution in [0.25, 0.3) is 11.0 Å². The normalized spacial score (nSPS) is 10.6. The van der Waals surface area contributed by atoms with Crippen molar-refractivity contribution in [1.29, 1.82) is 0 Å². The number of aryl methyl sites for hydroxylation is 2. The fourth-order valence-corrected chi connectivity index (χ4v) is 1.50. The number of aliphatic carboxylic acids is 1. The van der Waals surface area contributed by atoms with E-state index in [2.05, 4.69) is 10.1 Å². The number of aromatic nitrogens is 3. The Kier molecular flexibility index (Phi) is 2.47. The fourth-order valence-electron chi connectivity index (χ4n) is 1.50. The van der Waals surface area contributed by atoms with Crippen molar-refractivity contribution in [2.75, 3.05) is 6.61 Å². The summed E-state index contributed by atoms with van der Waals surface area (Å²) in [6, 6.07) is 3.46. The highest BCUT2D eigenvalue weighted by atomic mass is 16.5. The van der Waals surface area contributed by atoms with E-state index in [4.69, 9.17) is 9.84 Å². The minimum absolute atomic E-state index is 0.290. The Balaban J connectivity index is 2.36. The van der Waals surface area contributed by atoms with Gasteiger partial charge in [-0.2, -0.15) is 10.1 Å². The molecule has 0 aliphatic carbocycles. The molecular formula is C10H11N3O3. The van der Waals surface area contributed by atoms with Gasteiger partial charge in [-0.25, -0.2) is 4.79 Å². The van der Waals surface area contributed by atoms with Crippen LogP contribution in [0.1, 0.15) is 5.69 Å². The van der Waals surface area contributed by atoms with Gasteiger partial charge in [-0.15, -0.1) is 0 Å². The second-order valence-corrected chi connectivity index (χ2v) is 3.41. The zero-order valence-corrected chi connectivity index (χ0v) is 8.97. The van der Waals surface area contributed by atoms with Crippen LogP contribution >= 0.6 is 0 Å². The summed E-state index contributed by atoms with van der Waals surface area (Å²) in [5.41, 5.74) is 1.56. The third kappa shape index (κ3) is 1.81. The molecule has 0 radical (unpaired) electrons. The lowest BCUT2D eigenvalue weighted by atomic mass is 10.3. The standard InChI is InChI=1S/C10H11N3O3/c1-6-7-3-4-8(16-5-9(14)15)11-10(7)13(2)12-6/h3-4H,5H2,1-2H3,(H,14,15). The Morgan fingerprint density at radius 2 is 2.31 bits per heavy atom. The Morgan fingerprint density at radius 3 is 3.00 bits per heavy atom. The molecule has 2 aromatic heterocycles. The first kappa shape index (κ1) is 10.4. The van der Waals surface area contributed by atoms with Crippen molar-refractivity contribution in [3.8, 4) is 5.88 Å². The highest BCUT2D eigenvalue weighted by Gasteiger charge is 2.08. The Bertz CT molecular complexity index is 547. The molecule has 0 bridgehead atoms. The first-order chi connectivity index (χ1) is 7.58. The maximum Gasteiger partial charge on any atom is 0.341 e. The second kappa shape index (κ2) is 3.80. The molecule has 0 spiro atoms. The lowest BCUT2D eigenvalue weighted by Gasteiger charge is -2.01. The van der Waals surface area contributed by atoms with Crippen LogP contribution in [-0.2, 0) is 11.8 Å². The third-order valence-corrected chi connectivity index (χ3v) is 2.19. The third-order valence-electron chi connectivity index (χ3n) is 2.19. The first-order valence-corrected chi connectivity index (χ1v) is 4.73. The number of pyridine rings is 1. The average molecular weight is 221 g/mol. The van der Waals surface area contributed by atoms with E-state index in [0.717, 1.165) is 11.1 Å². The monoisotopic (exact) mass is 221 g/mol. The van der Waals surface area contributed by atoms with Gasteiger partial charge in [0.15, 0.2) is 12.3 Å². The summed E-state index contributed by atoms with van der Waals surface area (Å²) >= 11 is 0. The van der Waals surface area contributed by atoms with Crippen molar-refractivity contribution in [3.63, 3.8) is 0 Å². The molecule has 0 amide bonds. The van der Waals surface area contributed by atoms with Crippen LogP contribution in [-0.4, -0.2) is 32.4 Å². The van der Waals surface area contributed by atoms with Crippen molar-refractivity contribution in [3.05, 3.63) is 17.8 Å². The van der Waals surface area contributed by atoms with Gasteiger partial charge in [-0.3, -0.25) is 4.68 Å². The van der Waals surface area contributed by atoms with E-state index in [1.54, 1.807) is 17.8 Å².